The van der Waals surface area contributed by atoms with E-state index in [4.69, 9.17) is 0 Å². The number of esters is 1. The zero-order chi connectivity index (χ0) is 15.7. The lowest BCUT2D eigenvalue weighted by molar-refractivity contribution is -0.140. The number of carbonyl (C=O) groups is 3. The third kappa shape index (κ3) is 6.70. The van der Waals surface area contributed by atoms with Gasteiger partial charge >= 0.3 is 5.97 Å². The molecular formula is C16H21NO4. The molecule has 0 aromatic heterocycles. The van der Waals surface area contributed by atoms with Crippen LogP contribution >= 0.6 is 0 Å². The summed E-state index contributed by atoms with van der Waals surface area (Å²) in [6.45, 7) is 2.36. The maximum atomic E-state index is 11.9. The van der Waals surface area contributed by atoms with E-state index >= 15 is 0 Å². The predicted octanol–water partition coefficient (Wildman–Crippen LogP) is 2.03. The molecule has 1 rings (SSSR count). The van der Waals surface area contributed by atoms with Gasteiger partial charge in [-0.1, -0.05) is 29.8 Å². The van der Waals surface area contributed by atoms with Crippen LogP contribution in [0.5, 0.6) is 0 Å². The molecule has 5 heteroatoms. The Morgan fingerprint density at radius 3 is 2.33 bits per heavy atom. The fraction of sp³-hybridized carbons (Fsp3) is 0.438. The van der Waals surface area contributed by atoms with E-state index in [9.17, 15) is 14.4 Å². The number of nitrogens with one attached hydrogen (secondary N) is 1. The van der Waals surface area contributed by atoms with Gasteiger partial charge in [0.2, 0.25) is 5.91 Å². The van der Waals surface area contributed by atoms with Gasteiger partial charge in [-0.2, -0.15) is 0 Å². The topological polar surface area (TPSA) is 72.5 Å². The number of Topliss-reactive ketones (excluding diaryl/α,β-unsaturated/α-hetero) is 1. The second kappa shape index (κ2) is 8.89. The summed E-state index contributed by atoms with van der Waals surface area (Å²) in [6, 6.07) is 7.29. The van der Waals surface area contributed by atoms with Crippen LogP contribution in [0, 0.1) is 6.92 Å². The highest BCUT2D eigenvalue weighted by Gasteiger charge is 2.09. The van der Waals surface area contributed by atoms with Crippen molar-refractivity contribution >= 4 is 17.7 Å². The van der Waals surface area contributed by atoms with E-state index in [1.165, 1.54) is 7.11 Å². The van der Waals surface area contributed by atoms with E-state index in [2.05, 4.69) is 10.1 Å². The number of ketones is 1. The molecule has 1 aromatic rings. The molecular weight excluding hydrogens is 270 g/mol. The molecule has 0 saturated heterocycles. The van der Waals surface area contributed by atoms with Crippen molar-refractivity contribution in [3.8, 4) is 0 Å². The van der Waals surface area contributed by atoms with Gasteiger partial charge in [-0.15, -0.1) is 0 Å². The number of benzene rings is 1. The summed E-state index contributed by atoms with van der Waals surface area (Å²) >= 11 is 0. The number of amides is 1. The molecule has 0 fully saturated rings. The molecule has 1 N–H and O–H groups in total. The van der Waals surface area contributed by atoms with Gasteiger partial charge < -0.3 is 10.1 Å². The van der Waals surface area contributed by atoms with Crippen molar-refractivity contribution < 1.29 is 19.1 Å². The van der Waals surface area contributed by atoms with Gasteiger partial charge in [-0.3, -0.25) is 14.4 Å². The van der Waals surface area contributed by atoms with Crippen LogP contribution in [0.25, 0.3) is 0 Å². The first-order valence-electron chi connectivity index (χ1n) is 6.96. The van der Waals surface area contributed by atoms with Gasteiger partial charge in [0, 0.05) is 31.4 Å². The minimum atomic E-state index is -0.293. The van der Waals surface area contributed by atoms with Crippen molar-refractivity contribution in [2.24, 2.45) is 0 Å². The van der Waals surface area contributed by atoms with E-state index in [0.29, 0.717) is 18.5 Å². The van der Waals surface area contributed by atoms with E-state index in [-0.39, 0.29) is 36.9 Å². The maximum Gasteiger partial charge on any atom is 0.305 e. The molecule has 0 aliphatic carbocycles. The Morgan fingerprint density at radius 1 is 1.05 bits per heavy atom. The largest absolute Gasteiger partial charge is 0.469 e. The van der Waals surface area contributed by atoms with Gasteiger partial charge in [0.25, 0.3) is 0 Å². The highest BCUT2D eigenvalue weighted by Crippen LogP contribution is 2.07. The van der Waals surface area contributed by atoms with Gasteiger partial charge in [0.15, 0.2) is 5.78 Å². The average molecular weight is 291 g/mol. The van der Waals surface area contributed by atoms with Crippen LogP contribution in [-0.2, 0) is 14.3 Å². The Hall–Kier alpha value is -2.17. The molecule has 0 saturated carbocycles. The lowest BCUT2D eigenvalue weighted by Crippen LogP contribution is -2.25. The zero-order valence-electron chi connectivity index (χ0n) is 12.5. The fourth-order valence-corrected chi connectivity index (χ4v) is 1.76. The Morgan fingerprint density at radius 2 is 1.71 bits per heavy atom. The Labute approximate surface area is 124 Å². The monoisotopic (exact) mass is 291 g/mol. The zero-order valence-corrected chi connectivity index (χ0v) is 12.5. The molecule has 0 bridgehead atoms. The second-order valence-corrected chi connectivity index (χ2v) is 4.82. The molecule has 114 valence electrons. The third-order valence-electron chi connectivity index (χ3n) is 3.06. The van der Waals surface area contributed by atoms with Crippen LogP contribution < -0.4 is 5.32 Å². The predicted molar refractivity (Wildman–Crippen MR) is 79.0 cm³/mol. The first-order chi connectivity index (χ1) is 10.0. The summed E-state index contributed by atoms with van der Waals surface area (Å²) in [5, 5.41) is 2.68. The van der Waals surface area contributed by atoms with Crippen LogP contribution in [-0.4, -0.2) is 31.3 Å². The van der Waals surface area contributed by atoms with Gasteiger partial charge in [0.05, 0.1) is 7.11 Å². The summed E-state index contributed by atoms with van der Waals surface area (Å²) in [7, 11) is 1.33. The molecule has 1 aromatic carbocycles. The van der Waals surface area contributed by atoms with Crippen molar-refractivity contribution in [2.45, 2.75) is 32.6 Å². The molecule has 1 amide bonds. The number of carbonyl (C=O) groups excluding carboxylic acids is 3. The molecule has 0 radical (unpaired) electrons. The molecule has 0 aliphatic heterocycles. The SMILES string of the molecule is COC(=O)CCCNC(=O)CCC(=O)c1ccc(C)cc1. The lowest BCUT2D eigenvalue weighted by Gasteiger charge is -2.05. The van der Waals surface area contributed by atoms with Gasteiger partial charge in [0.1, 0.15) is 0 Å². The van der Waals surface area contributed by atoms with E-state index < -0.39 is 0 Å². The quantitative estimate of drug-likeness (QED) is 0.452. The molecule has 0 atom stereocenters. The molecule has 0 spiro atoms. The molecule has 21 heavy (non-hydrogen) atoms. The smallest absolute Gasteiger partial charge is 0.305 e. The number of hydrogen-bond acceptors (Lipinski definition) is 4. The number of hydrogen-bond donors (Lipinski definition) is 1. The van der Waals surface area contributed by atoms with Gasteiger partial charge in [-0.25, -0.2) is 0 Å². The highest BCUT2D eigenvalue weighted by atomic mass is 16.5. The summed E-state index contributed by atoms with van der Waals surface area (Å²) < 4.78 is 4.50. The van der Waals surface area contributed by atoms with Crippen LogP contribution in [0.15, 0.2) is 24.3 Å². The van der Waals surface area contributed by atoms with E-state index in [1.807, 2.05) is 19.1 Å². The standard InChI is InChI=1S/C16H21NO4/c1-12-5-7-13(8-6-12)14(18)9-10-15(19)17-11-3-4-16(20)21-2/h5-8H,3-4,9-11H2,1-2H3,(H,17,19). The van der Waals surface area contributed by atoms with Crippen molar-refractivity contribution in [1.29, 1.82) is 0 Å². The molecule has 0 aliphatic rings. The van der Waals surface area contributed by atoms with Crippen LogP contribution in [0.3, 0.4) is 0 Å². The highest BCUT2D eigenvalue weighted by molar-refractivity contribution is 5.97. The van der Waals surface area contributed by atoms with Crippen molar-refractivity contribution in [1.82, 2.24) is 5.32 Å². The minimum Gasteiger partial charge on any atom is -0.469 e. The average Bonchev–Trinajstić information content (AvgIpc) is 2.49. The normalized spacial score (nSPS) is 10.0. The summed E-state index contributed by atoms with van der Waals surface area (Å²) in [5.74, 6) is -0.515. The van der Waals surface area contributed by atoms with Crippen molar-refractivity contribution in [3.63, 3.8) is 0 Å². The molecule has 0 unspecified atom stereocenters. The minimum absolute atomic E-state index is 0.0419. The lowest BCUT2D eigenvalue weighted by atomic mass is 10.1. The van der Waals surface area contributed by atoms with E-state index in [1.54, 1.807) is 12.1 Å². The Kier molecular flexibility index (Phi) is 7.15. The van der Waals surface area contributed by atoms with Crippen molar-refractivity contribution in [3.05, 3.63) is 35.4 Å². The fourth-order valence-electron chi connectivity index (χ4n) is 1.76. The van der Waals surface area contributed by atoms with Crippen LogP contribution in [0.1, 0.15) is 41.6 Å². The Bertz CT molecular complexity index is 494. The Balaban J connectivity index is 2.22. The van der Waals surface area contributed by atoms with E-state index in [0.717, 1.165) is 5.56 Å². The number of rotatable bonds is 8. The second-order valence-electron chi connectivity index (χ2n) is 4.82. The molecule has 5 nitrogen and oxygen atoms in total. The third-order valence-corrected chi connectivity index (χ3v) is 3.06. The van der Waals surface area contributed by atoms with Gasteiger partial charge in [-0.05, 0) is 13.3 Å². The first-order valence-corrected chi connectivity index (χ1v) is 6.96. The summed E-state index contributed by atoms with van der Waals surface area (Å²) in [5.41, 5.74) is 1.72. The summed E-state index contributed by atoms with van der Waals surface area (Å²) in [4.78, 5) is 34.3. The molecule has 0 heterocycles. The van der Waals surface area contributed by atoms with Crippen LogP contribution in [0.2, 0.25) is 0 Å². The number of aryl methyl sites for hydroxylation is 1. The summed E-state index contributed by atoms with van der Waals surface area (Å²) in [6.07, 6.45) is 1.15. The first kappa shape index (κ1) is 16.9. The number of methoxy groups -OCH3 is 1. The van der Waals surface area contributed by atoms with Crippen molar-refractivity contribution in [2.75, 3.05) is 13.7 Å². The van der Waals surface area contributed by atoms with Crippen LogP contribution in [0.4, 0.5) is 0 Å². The number of ether oxygens (including phenoxy) is 1. The maximum absolute atomic E-state index is 11.9.